The van der Waals surface area contributed by atoms with Gasteiger partial charge in [0.05, 0.1) is 0 Å². The monoisotopic (exact) mass is 296 g/mol. The Morgan fingerprint density at radius 2 is 2.05 bits per heavy atom. The van der Waals surface area contributed by atoms with Crippen molar-refractivity contribution in [3.63, 3.8) is 0 Å². The Hall–Kier alpha value is -1.10. The molecule has 120 valence electrons. The predicted octanol–water partition coefficient (Wildman–Crippen LogP) is 1.71. The summed E-state index contributed by atoms with van der Waals surface area (Å²) < 4.78 is 0. The number of carbonyl (C=O) groups is 2. The number of aliphatic carboxylic acids is 1. The van der Waals surface area contributed by atoms with E-state index >= 15 is 0 Å². The Morgan fingerprint density at radius 3 is 2.71 bits per heavy atom. The van der Waals surface area contributed by atoms with Crippen molar-refractivity contribution in [1.82, 2.24) is 4.90 Å². The minimum atomic E-state index is -0.745. The van der Waals surface area contributed by atoms with Crippen LogP contribution in [-0.2, 0) is 9.59 Å². The first-order valence-corrected chi connectivity index (χ1v) is 8.23. The van der Waals surface area contributed by atoms with E-state index in [-0.39, 0.29) is 24.2 Å². The second-order valence-corrected chi connectivity index (χ2v) is 6.79. The van der Waals surface area contributed by atoms with E-state index in [4.69, 9.17) is 10.8 Å². The van der Waals surface area contributed by atoms with E-state index < -0.39 is 5.97 Å². The van der Waals surface area contributed by atoms with E-state index in [1.165, 1.54) is 0 Å². The molecule has 1 aliphatic carbocycles. The van der Waals surface area contributed by atoms with Crippen LogP contribution in [0.3, 0.4) is 0 Å². The summed E-state index contributed by atoms with van der Waals surface area (Å²) in [7, 11) is 0. The van der Waals surface area contributed by atoms with Crippen LogP contribution < -0.4 is 5.73 Å². The van der Waals surface area contributed by atoms with Gasteiger partial charge in [0, 0.05) is 25.4 Å². The summed E-state index contributed by atoms with van der Waals surface area (Å²) in [6.07, 6.45) is 5.35. The second-order valence-electron chi connectivity index (χ2n) is 6.79. The standard InChI is InChI=1S/C16H28N2O3/c1-11(8-15(19)20)13-5-3-7-18(10-13)16(21)14-6-2-4-12(14)9-17/h11-14H,2-10,17H2,1H3,(H,19,20). The molecule has 4 atom stereocenters. The molecule has 0 aromatic heterocycles. The largest absolute Gasteiger partial charge is 0.481 e. The third-order valence-corrected chi connectivity index (χ3v) is 5.35. The molecule has 1 amide bonds. The number of amides is 1. The van der Waals surface area contributed by atoms with Crippen molar-refractivity contribution in [3.8, 4) is 0 Å². The fourth-order valence-electron chi connectivity index (χ4n) is 4.00. The average Bonchev–Trinajstić information content (AvgIpc) is 2.94. The molecule has 1 saturated carbocycles. The average molecular weight is 296 g/mol. The van der Waals surface area contributed by atoms with Crippen molar-refractivity contribution in [2.75, 3.05) is 19.6 Å². The van der Waals surface area contributed by atoms with E-state index in [1.54, 1.807) is 0 Å². The van der Waals surface area contributed by atoms with Crippen LogP contribution in [0.4, 0.5) is 0 Å². The molecule has 5 nitrogen and oxygen atoms in total. The lowest BCUT2D eigenvalue weighted by Gasteiger charge is -2.37. The van der Waals surface area contributed by atoms with Crippen molar-refractivity contribution < 1.29 is 14.7 Å². The van der Waals surface area contributed by atoms with Gasteiger partial charge >= 0.3 is 5.97 Å². The predicted molar refractivity (Wildman–Crippen MR) is 80.6 cm³/mol. The highest BCUT2D eigenvalue weighted by Crippen LogP contribution is 2.34. The van der Waals surface area contributed by atoms with E-state index in [2.05, 4.69) is 0 Å². The van der Waals surface area contributed by atoms with Gasteiger partial charge < -0.3 is 15.7 Å². The molecule has 2 rings (SSSR count). The lowest BCUT2D eigenvalue weighted by molar-refractivity contribution is -0.140. The van der Waals surface area contributed by atoms with Gasteiger partial charge in [-0.2, -0.15) is 0 Å². The summed E-state index contributed by atoms with van der Waals surface area (Å²) in [4.78, 5) is 25.6. The van der Waals surface area contributed by atoms with Crippen molar-refractivity contribution in [3.05, 3.63) is 0 Å². The number of piperidine rings is 1. The molecule has 0 aromatic carbocycles. The second kappa shape index (κ2) is 7.25. The third-order valence-electron chi connectivity index (χ3n) is 5.35. The number of carboxylic acid groups (broad SMARTS) is 1. The Bertz CT molecular complexity index is 386. The van der Waals surface area contributed by atoms with Gasteiger partial charge in [0.1, 0.15) is 0 Å². The molecular formula is C16H28N2O3. The number of likely N-dealkylation sites (tertiary alicyclic amines) is 1. The van der Waals surface area contributed by atoms with Crippen LogP contribution in [-0.4, -0.2) is 41.5 Å². The first-order valence-electron chi connectivity index (χ1n) is 8.23. The van der Waals surface area contributed by atoms with E-state index in [0.717, 1.165) is 45.2 Å². The van der Waals surface area contributed by atoms with Gasteiger partial charge in [0.15, 0.2) is 0 Å². The van der Waals surface area contributed by atoms with E-state index in [9.17, 15) is 9.59 Å². The number of nitrogens with zero attached hydrogens (tertiary/aromatic N) is 1. The van der Waals surface area contributed by atoms with Crippen LogP contribution >= 0.6 is 0 Å². The normalized spacial score (nSPS) is 31.1. The molecule has 1 aliphatic heterocycles. The van der Waals surface area contributed by atoms with Crippen molar-refractivity contribution in [1.29, 1.82) is 0 Å². The zero-order chi connectivity index (χ0) is 15.4. The highest BCUT2D eigenvalue weighted by molar-refractivity contribution is 5.79. The lowest BCUT2D eigenvalue weighted by atomic mass is 9.84. The number of hydrogen-bond acceptors (Lipinski definition) is 3. The van der Waals surface area contributed by atoms with Gasteiger partial charge in [-0.05, 0) is 50.0 Å². The zero-order valence-electron chi connectivity index (χ0n) is 13.0. The number of carboxylic acids is 1. The first-order chi connectivity index (χ1) is 10.0. The number of rotatable bonds is 5. The first kappa shape index (κ1) is 16.3. The maximum absolute atomic E-state index is 12.7. The van der Waals surface area contributed by atoms with Crippen molar-refractivity contribution >= 4 is 11.9 Å². The van der Waals surface area contributed by atoms with E-state index in [1.807, 2.05) is 11.8 Å². The van der Waals surface area contributed by atoms with Gasteiger partial charge in [-0.25, -0.2) is 0 Å². The van der Waals surface area contributed by atoms with Crippen LogP contribution in [0.1, 0.15) is 45.4 Å². The lowest BCUT2D eigenvalue weighted by Crippen LogP contribution is -2.45. The fourth-order valence-corrected chi connectivity index (χ4v) is 4.00. The van der Waals surface area contributed by atoms with Crippen LogP contribution in [0.15, 0.2) is 0 Å². The highest BCUT2D eigenvalue weighted by atomic mass is 16.4. The molecule has 1 heterocycles. The molecule has 2 fully saturated rings. The summed E-state index contributed by atoms with van der Waals surface area (Å²) in [6, 6.07) is 0. The van der Waals surface area contributed by atoms with Gasteiger partial charge in [0.2, 0.25) is 5.91 Å². The maximum atomic E-state index is 12.7. The molecule has 4 unspecified atom stereocenters. The van der Waals surface area contributed by atoms with Crippen LogP contribution in [0.25, 0.3) is 0 Å². The molecule has 3 N–H and O–H groups in total. The maximum Gasteiger partial charge on any atom is 0.303 e. The van der Waals surface area contributed by atoms with Gasteiger partial charge in [-0.15, -0.1) is 0 Å². The van der Waals surface area contributed by atoms with Gasteiger partial charge in [-0.1, -0.05) is 13.3 Å². The molecule has 5 heteroatoms. The van der Waals surface area contributed by atoms with Crippen LogP contribution in [0.5, 0.6) is 0 Å². The van der Waals surface area contributed by atoms with Gasteiger partial charge in [0.25, 0.3) is 0 Å². The topological polar surface area (TPSA) is 83.6 Å². The Morgan fingerprint density at radius 1 is 1.29 bits per heavy atom. The molecule has 0 spiro atoms. The Kier molecular flexibility index (Phi) is 5.62. The third kappa shape index (κ3) is 3.96. The summed E-state index contributed by atoms with van der Waals surface area (Å²) in [6.45, 7) is 4.14. The van der Waals surface area contributed by atoms with E-state index in [0.29, 0.717) is 18.4 Å². The minimum Gasteiger partial charge on any atom is -0.481 e. The summed E-state index contributed by atoms with van der Waals surface area (Å²) in [5.74, 6) is 0.404. The number of nitrogens with two attached hydrogens (primary N) is 1. The number of hydrogen-bond donors (Lipinski definition) is 2. The number of carbonyl (C=O) groups excluding carboxylic acids is 1. The Labute approximate surface area is 126 Å². The highest BCUT2D eigenvalue weighted by Gasteiger charge is 2.37. The summed E-state index contributed by atoms with van der Waals surface area (Å²) in [5.41, 5.74) is 5.79. The zero-order valence-corrected chi connectivity index (χ0v) is 13.0. The van der Waals surface area contributed by atoms with Crippen LogP contribution in [0.2, 0.25) is 0 Å². The molecular weight excluding hydrogens is 268 g/mol. The fraction of sp³-hybridized carbons (Fsp3) is 0.875. The smallest absolute Gasteiger partial charge is 0.303 e. The molecule has 0 bridgehead atoms. The van der Waals surface area contributed by atoms with Crippen LogP contribution in [0, 0.1) is 23.7 Å². The van der Waals surface area contributed by atoms with Gasteiger partial charge in [-0.3, -0.25) is 9.59 Å². The van der Waals surface area contributed by atoms with Crippen molar-refractivity contribution in [2.45, 2.75) is 45.4 Å². The summed E-state index contributed by atoms with van der Waals surface area (Å²) in [5, 5.41) is 8.93. The Balaban J connectivity index is 1.94. The molecule has 21 heavy (non-hydrogen) atoms. The molecule has 0 aromatic rings. The SMILES string of the molecule is CC(CC(=O)O)C1CCCN(C(=O)C2CCCC2CN)C1. The molecule has 2 aliphatic rings. The molecule has 0 radical (unpaired) electrons. The minimum absolute atomic E-state index is 0.100. The molecule has 1 saturated heterocycles. The quantitative estimate of drug-likeness (QED) is 0.809. The van der Waals surface area contributed by atoms with Crippen molar-refractivity contribution in [2.24, 2.45) is 29.4 Å². The summed E-state index contributed by atoms with van der Waals surface area (Å²) >= 11 is 0.